The van der Waals surface area contributed by atoms with E-state index in [0.29, 0.717) is 22.7 Å². The van der Waals surface area contributed by atoms with Gasteiger partial charge in [0, 0.05) is 16.9 Å². The summed E-state index contributed by atoms with van der Waals surface area (Å²) in [5, 5.41) is 24.2. The Bertz CT molecular complexity index is 1190. The van der Waals surface area contributed by atoms with Crippen LogP contribution in [0.2, 0.25) is 0 Å². The molecule has 32 heavy (non-hydrogen) atoms. The Morgan fingerprint density at radius 1 is 1.00 bits per heavy atom. The molecule has 0 aliphatic heterocycles. The molecule has 0 radical (unpaired) electrons. The maximum Gasteiger partial charge on any atom is 0.266 e. The van der Waals surface area contributed by atoms with Gasteiger partial charge in [-0.3, -0.25) is 9.59 Å². The highest BCUT2D eigenvalue weighted by molar-refractivity contribution is 6.09. The number of hydrogen-bond acceptors (Lipinski definition) is 5. The maximum atomic E-state index is 12.5. The van der Waals surface area contributed by atoms with Gasteiger partial charge < -0.3 is 20.5 Å². The molecule has 7 heteroatoms. The van der Waals surface area contributed by atoms with Crippen molar-refractivity contribution in [1.29, 1.82) is 5.26 Å². The van der Waals surface area contributed by atoms with E-state index in [0.717, 1.165) is 5.56 Å². The normalized spacial score (nSPS) is 10.7. The second-order valence-corrected chi connectivity index (χ2v) is 6.86. The zero-order valence-electron chi connectivity index (χ0n) is 17.3. The van der Waals surface area contributed by atoms with Gasteiger partial charge in [0.25, 0.3) is 11.8 Å². The number of anilines is 2. The van der Waals surface area contributed by atoms with E-state index < -0.39 is 5.91 Å². The number of nitrogens with zero attached hydrogens (tertiary/aromatic N) is 1. The van der Waals surface area contributed by atoms with Crippen molar-refractivity contribution >= 4 is 29.3 Å². The summed E-state index contributed by atoms with van der Waals surface area (Å²) in [7, 11) is 0. The highest BCUT2D eigenvalue weighted by Gasteiger charge is 2.12. The average molecular weight is 427 g/mol. The predicted molar refractivity (Wildman–Crippen MR) is 122 cm³/mol. The molecular weight excluding hydrogens is 406 g/mol. The number of benzene rings is 3. The van der Waals surface area contributed by atoms with Crippen molar-refractivity contribution in [3.05, 3.63) is 89.5 Å². The van der Waals surface area contributed by atoms with Gasteiger partial charge in [0.15, 0.2) is 6.61 Å². The van der Waals surface area contributed by atoms with E-state index in [9.17, 15) is 20.0 Å². The van der Waals surface area contributed by atoms with Gasteiger partial charge in [-0.05, 0) is 55.0 Å². The molecule has 0 bridgehead atoms. The van der Waals surface area contributed by atoms with Crippen LogP contribution in [0.4, 0.5) is 11.4 Å². The van der Waals surface area contributed by atoms with Crippen molar-refractivity contribution in [1.82, 2.24) is 0 Å². The van der Waals surface area contributed by atoms with E-state index in [1.54, 1.807) is 30.3 Å². The summed E-state index contributed by atoms with van der Waals surface area (Å²) < 4.78 is 5.64. The minimum Gasteiger partial charge on any atom is -0.508 e. The average Bonchev–Trinajstić information content (AvgIpc) is 2.79. The third-order valence-electron chi connectivity index (χ3n) is 4.49. The number of aromatic hydroxyl groups is 1. The van der Waals surface area contributed by atoms with E-state index in [-0.39, 0.29) is 23.8 Å². The van der Waals surface area contributed by atoms with Crippen molar-refractivity contribution in [2.75, 3.05) is 17.2 Å². The van der Waals surface area contributed by atoms with E-state index in [4.69, 9.17) is 4.74 Å². The second kappa shape index (κ2) is 10.5. The molecule has 0 aromatic heterocycles. The van der Waals surface area contributed by atoms with Gasteiger partial charge in [0.2, 0.25) is 0 Å². The molecular formula is C25H21N3O4. The van der Waals surface area contributed by atoms with E-state index in [1.165, 1.54) is 30.3 Å². The Balaban J connectivity index is 1.70. The predicted octanol–water partition coefficient (Wildman–Crippen LogP) is 4.26. The first-order valence-corrected chi connectivity index (χ1v) is 9.76. The number of carbonyl (C=O) groups excluding carboxylic acids is 2. The summed E-state index contributed by atoms with van der Waals surface area (Å²) in [6.45, 7) is 1.66. The van der Waals surface area contributed by atoms with Gasteiger partial charge in [-0.2, -0.15) is 5.26 Å². The van der Waals surface area contributed by atoms with Crippen LogP contribution >= 0.6 is 0 Å². The zero-order chi connectivity index (χ0) is 22.9. The minimum absolute atomic E-state index is 0.0663. The van der Waals surface area contributed by atoms with Gasteiger partial charge in [0.05, 0.1) is 0 Å². The highest BCUT2D eigenvalue weighted by atomic mass is 16.5. The van der Waals surface area contributed by atoms with Crippen LogP contribution < -0.4 is 15.4 Å². The van der Waals surface area contributed by atoms with Crippen LogP contribution in [0.3, 0.4) is 0 Å². The number of carbonyl (C=O) groups is 2. The van der Waals surface area contributed by atoms with Crippen LogP contribution in [0.1, 0.15) is 11.1 Å². The number of ether oxygens (including phenoxy) is 1. The molecule has 160 valence electrons. The van der Waals surface area contributed by atoms with Crippen LogP contribution in [-0.2, 0) is 9.59 Å². The van der Waals surface area contributed by atoms with Crippen LogP contribution in [0.5, 0.6) is 11.5 Å². The standard InChI is InChI=1S/C25H21N3O4/c1-17-6-2-4-8-22(17)28-24(30)16-32-23-9-5-3-7-18(23)14-19(15-26)25(31)27-20-10-12-21(29)13-11-20/h2-14,29H,16H2,1H3,(H,27,31)(H,28,30)/b19-14+. The second-order valence-electron chi connectivity index (χ2n) is 6.86. The molecule has 0 atom stereocenters. The molecule has 2 amide bonds. The number of amides is 2. The number of nitriles is 1. The van der Waals surface area contributed by atoms with Crippen molar-refractivity contribution in [3.8, 4) is 17.6 Å². The van der Waals surface area contributed by atoms with Crippen LogP contribution in [-0.4, -0.2) is 23.5 Å². The van der Waals surface area contributed by atoms with Crippen molar-refractivity contribution in [3.63, 3.8) is 0 Å². The number of phenolic OH excluding ortho intramolecular Hbond substituents is 1. The zero-order valence-corrected chi connectivity index (χ0v) is 17.3. The Morgan fingerprint density at radius 3 is 2.41 bits per heavy atom. The number of phenols is 1. The molecule has 3 N–H and O–H groups in total. The fourth-order valence-electron chi connectivity index (χ4n) is 2.82. The van der Waals surface area contributed by atoms with E-state index in [2.05, 4.69) is 10.6 Å². The molecule has 0 aliphatic rings. The molecule has 0 aliphatic carbocycles. The Morgan fingerprint density at radius 2 is 1.69 bits per heavy atom. The molecule has 7 nitrogen and oxygen atoms in total. The summed E-state index contributed by atoms with van der Waals surface area (Å²) >= 11 is 0. The van der Waals surface area contributed by atoms with Gasteiger partial charge in [-0.25, -0.2) is 0 Å². The summed E-state index contributed by atoms with van der Waals surface area (Å²) in [6, 6.07) is 22.0. The lowest BCUT2D eigenvalue weighted by molar-refractivity contribution is -0.118. The number of rotatable bonds is 7. The largest absolute Gasteiger partial charge is 0.508 e. The number of hydrogen-bond donors (Lipinski definition) is 3. The van der Waals surface area contributed by atoms with Gasteiger partial charge >= 0.3 is 0 Å². The number of aryl methyl sites for hydroxylation is 1. The van der Waals surface area contributed by atoms with Gasteiger partial charge in [-0.15, -0.1) is 0 Å². The van der Waals surface area contributed by atoms with Gasteiger partial charge in [-0.1, -0.05) is 36.4 Å². The van der Waals surface area contributed by atoms with E-state index in [1.807, 2.05) is 31.2 Å². The number of nitrogens with one attached hydrogen (secondary N) is 2. The SMILES string of the molecule is Cc1ccccc1NC(=O)COc1ccccc1/C=C(\C#N)C(=O)Nc1ccc(O)cc1. The van der Waals surface area contributed by atoms with Crippen molar-refractivity contribution in [2.45, 2.75) is 6.92 Å². The molecule has 0 heterocycles. The fourth-order valence-corrected chi connectivity index (χ4v) is 2.82. The Kier molecular flexibility index (Phi) is 7.23. The fraction of sp³-hybridized carbons (Fsp3) is 0.0800. The van der Waals surface area contributed by atoms with Crippen LogP contribution in [0.25, 0.3) is 6.08 Å². The molecule has 3 aromatic carbocycles. The quantitative estimate of drug-likeness (QED) is 0.296. The molecule has 0 saturated carbocycles. The monoisotopic (exact) mass is 427 g/mol. The summed E-state index contributed by atoms with van der Waals surface area (Å²) in [5.41, 5.74) is 2.41. The molecule has 0 unspecified atom stereocenters. The third-order valence-corrected chi connectivity index (χ3v) is 4.49. The first kappa shape index (κ1) is 22.1. The molecule has 0 spiro atoms. The maximum absolute atomic E-state index is 12.5. The number of para-hydroxylation sites is 2. The Hall–Kier alpha value is -4.57. The lowest BCUT2D eigenvalue weighted by Crippen LogP contribution is -2.20. The topological polar surface area (TPSA) is 111 Å². The van der Waals surface area contributed by atoms with Crippen molar-refractivity contribution in [2.24, 2.45) is 0 Å². The molecule has 3 aromatic rings. The first-order chi connectivity index (χ1) is 15.5. The Labute approximate surface area is 185 Å². The molecule has 0 fully saturated rings. The first-order valence-electron chi connectivity index (χ1n) is 9.76. The van der Waals surface area contributed by atoms with Gasteiger partial charge in [0.1, 0.15) is 23.1 Å². The minimum atomic E-state index is -0.606. The third kappa shape index (κ3) is 5.97. The smallest absolute Gasteiger partial charge is 0.266 e. The lowest BCUT2D eigenvalue weighted by Gasteiger charge is -2.11. The summed E-state index contributed by atoms with van der Waals surface area (Å²) in [6.07, 6.45) is 1.39. The van der Waals surface area contributed by atoms with Crippen molar-refractivity contribution < 1.29 is 19.4 Å². The van der Waals surface area contributed by atoms with Crippen LogP contribution in [0, 0.1) is 18.3 Å². The lowest BCUT2D eigenvalue weighted by atomic mass is 10.1. The molecule has 0 saturated heterocycles. The van der Waals surface area contributed by atoms with Crippen LogP contribution in [0.15, 0.2) is 78.4 Å². The van der Waals surface area contributed by atoms with E-state index >= 15 is 0 Å². The summed E-state index contributed by atoms with van der Waals surface area (Å²) in [4.78, 5) is 24.8. The molecule has 3 rings (SSSR count). The summed E-state index contributed by atoms with van der Waals surface area (Å²) in [5.74, 6) is -0.511. The highest BCUT2D eigenvalue weighted by Crippen LogP contribution is 2.22.